The zero-order valence-electron chi connectivity index (χ0n) is 21.4. The number of carbonyl (C=O) groups excluding carboxylic acids is 3. The number of aromatic nitrogens is 1. The first-order valence-corrected chi connectivity index (χ1v) is 12.2. The molecular weight excluding hydrogens is 466 g/mol. The van der Waals surface area contributed by atoms with Crippen LogP contribution >= 0.6 is 0 Å². The van der Waals surface area contributed by atoms with Gasteiger partial charge in [0.2, 0.25) is 0 Å². The number of amides is 2. The van der Waals surface area contributed by atoms with Gasteiger partial charge in [-0.15, -0.1) is 0 Å². The largest absolute Gasteiger partial charge is 0.497 e. The molecule has 2 amide bonds. The monoisotopic (exact) mass is 495 g/mol. The van der Waals surface area contributed by atoms with Crippen LogP contribution in [0.25, 0.3) is 10.9 Å². The Hall–Kier alpha value is -4.39. The first-order valence-electron chi connectivity index (χ1n) is 12.2. The molecule has 7 heteroatoms. The van der Waals surface area contributed by atoms with Crippen LogP contribution in [0.1, 0.15) is 44.5 Å². The van der Waals surface area contributed by atoms with Gasteiger partial charge in [-0.3, -0.25) is 19.0 Å². The summed E-state index contributed by atoms with van der Waals surface area (Å²) in [5.41, 5.74) is 2.91. The Bertz CT molecular complexity index is 1520. The smallest absolute Gasteiger partial charge is 0.272 e. The number of fused-ring (bicyclic) bond motifs is 3. The van der Waals surface area contributed by atoms with Crippen molar-refractivity contribution in [3.8, 4) is 5.75 Å². The Morgan fingerprint density at radius 3 is 2.14 bits per heavy atom. The molecule has 1 aromatic heterocycles. The summed E-state index contributed by atoms with van der Waals surface area (Å²) in [6.07, 6.45) is 0. The molecule has 1 unspecified atom stereocenters. The van der Waals surface area contributed by atoms with Crippen molar-refractivity contribution in [3.05, 3.63) is 101 Å². The number of rotatable bonds is 6. The molecule has 1 aliphatic heterocycles. The van der Waals surface area contributed by atoms with Gasteiger partial charge in [0, 0.05) is 24.5 Å². The lowest BCUT2D eigenvalue weighted by Crippen LogP contribution is -2.67. The third-order valence-electron chi connectivity index (χ3n) is 7.11. The lowest BCUT2D eigenvalue weighted by atomic mass is 9.92. The van der Waals surface area contributed by atoms with E-state index in [4.69, 9.17) is 4.74 Å². The van der Waals surface area contributed by atoms with Crippen LogP contribution in [0.2, 0.25) is 0 Å². The number of aryl methyl sites for hydroxylation is 2. The minimum Gasteiger partial charge on any atom is -0.497 e. The zero-order chi connectivity index (χ0) is 26.3. The quantitative estimate of drug-likeness (QED) is 0.395. The molecule has 1 aliphatic rings. The highest BCUT2D eigenvalue weighted by atomic mass is 16.5. The summed E-state index contributed by atoms with van der Waals surface area (Å²) in [5, 5.41) is 3.63. The van der Waals surface area contributed by atoms with Gasteiger partial charge in [-0.05, 0) is 50.1 Å². The standard InChI is InChI=1S/C30H29N3O4/c1-19-5-9-21(10-6-19)17-31-28(35)30(3)29(36)33-25-16-24(37-4)14-13-23(25)15-26(33)27(34)32(30)18-22-11-7-20(2)8-12-22/h5-16H,17-18H2,1-4H3,(H,31,35). The first kappa shape index (κ1) is 24.3. The van der Waals surface area contributed by atoms with Crippen molar-refractivity contribution in [2.75, 3.05) is 7.11 Å². The summed E-state index contributed by atoms with van der Waals surface area (Å²) in [6.45, 7) is 5.86. The number of hydrogen-bond donors (Lipinski definition) is 1. The van der Waals surface area contributed by atoms with Crippen molar-refractivity contribution >= 4 is 28.6 Å². The lowest BCUT2D eigenvalue weighted by molar-refractivity contribution is -0.129. The highest BCUT2D eigenvalue weighted by Gasteiger charge is 2.54. The van der Waals surface area contributed by atoms with Crippen LogP contribution in [-0.4, -0.2) is 39.8 Å². The maximum Gasteiger partial charge on any atom is 0.272 e. The van der Waals surface area contributed by atoms with Crippen LogP contribution in [0.5, 0.6) is 5.75 Å². The average Bonchev–Trinajstić information content (AvgIpc) is 3.29. The molecule has 0 radical (unpaired) electrons. The number of ether oxygens (including phenoxy) is 1. The predicted molar refractivity (Wildman–Crippen MR) is 142 cm³/mol. The Labute approximate surface area is 215 Å². The fraction of sp³-hybridized carbons (Fsp3) is 0.233. The van der Waals surface area contributed by atoms with Crippen molar-refractivity contribution in [3.63, 3.8) is 0 Å². The van der Waals surface area contributed by atoms with E-state index in [0.29, 0.717) is 11.3 Å². The van der Waals surface area contributed by atoms with Gasteiger partial charge >= 0.3 is 0 Å². The molecule has 0 saturated heterocycles. The molecule has 0 spiro atoms. The van der Waals surface area contributed by atoms with Gasteiger partial charge in [-0.1, -0.05) is 59.7 Å². The van der Waals surface area contributed by atoms with Crippen LogP contribution in [0.3, 0.4) is 0 Å². The minimum atomic E-state index is -1.77. The van der Waals surface area contributed by atoms with Crippen molar-refractivity contribution in [2.24, 2.45) is 0 Å². The second-order valence-electron chi connectivity index (χ2n) is 9.71. The van der Waals surface area contributed by atoms with E-state index in [2.05, 4.69) is 5.32 Å². The SMILES string of the molecule is COc1ccc2cc3n(c2c1)C(=O)C(C)(C(=O)NCc1ccc(C)cc1)N(Cc1ccc(C)cc1)C3=O. The molecule has 0 aliphatic carbocycles. The van der Waals surface area contributed by atoms with Gasteiger partial charge < -0.3 is 15.0 Å². The van der Waals surface area contributed by atoms with Gasteiger partial charge in [0.1, 0.15) is 11.4 Å². The summed E-state index contributed by atoms with van der Waals surface area (Å²) in [7, 11) is 1.54. The number of nitrogens with one attached hydrogen (secondary N) is 1. The van der Waals surface area contributed by atoms with E-state index < -0.39 is 17.4 Å². The molecule has 2 heterocycles. The number of nitrogens with zero attached hydrogens (tertiary/aromatic N) is 2. The third kappa shape index (κ3) is 4.16. The molecule has 5 rings (SSSR count). The van der Waals surface area contributed by atoms with Crippen molar-refractivity contribution in [2.45, 2.75) is 39.4 Å². The van der Waals surface area contributed by atoms with Gasteiger partial charge in [-0.2, -0.15) is 0 Å². The summed E-state index contributed by atoms with van der Waals surface area (Å²) in [4.78, 5) is 43.3. The zero-order valence-corrected chi connectivity index (χ0v) is 21.4. The highest BCUT2D eigenvalue weighted by Crippen LogP contribution is 2.35. The van der Waals surface area contributed by atoms with E-state index in [1.807, 2.05) is 62.4 Å². The average molecular weight is 496 g/mol. The summed E-state index contributed by atoms with van der Waals surface area (Å²) in [6, 6.07) is 22.5. The van der Waals surface area contributed by atoms with Gasteiger partial charge in [0.15, 0.2) is 5.54 Å². The maximum absolute atomic E-state index is 14.2. The predicted octanol–water partition coefficient (Wildman–Crippen LogP) is 4.64. The van der Waals surface area contributed by atoms with E-state index in [0.717, 1.165) is 27.6 Å². The summed E-state index contributed by atoms with van der Waals surface area (Å²) >= 11 is 0. The fourth-order valence-corrected chi connectivity index (χ4v) is 4.74. The van der Waals surface area contributed by atoms with E-state index in [-0.39, 0.29) is 24.7 Å². The molecular formula is C30H29N3O4. The number of hydrogen-bond acceptors (Lipinski definition) is 4. The summed E-state index contributed by atoms with van der Waals surface area (Å²) in [5.74, 6) is -0.850. The lowest BCUT2D eigenvalue weighted by Gasteiger charge is -2.42. The molecule has 3 aromatic carbocycles. The van der Waals surface area contributed by atoms with Crippen molar-refractivity contribution < 1.29 is 19.1 Å². The Balaban J connectivity index is 1.59. The van der Waals surface area contributed by atoms with E-state index in [1.165, 1.54) is 16.4 Å². The first-order chi connectivity index (χ1) is 17.7. The topological polar surface area (TPSA) is 80.6 Å². The van der Waals surface area contributed by atoms with Crippen LogP contribution in [0.15, 0.2) is 72.8 Å². The Morgan fingerprint density at radius 2 is 1.51 bits per heavy atom. The van der Waals surface area contributed by atoms with Crippen LogP contribution in [-0.2, 0) is 17.9 Å². The molecule has 0 saturated carbocycles. The normalized spacial score (nSPS) is 17.1. The van der Waals surface area contributed by atoms with Crippen LogP contribution in [0.4, 0.5) is 0 Å². The van der Waals surface area contributed by atoms with Gasteiger partial charge in [0.05, 0.1) is 12.6 Å². The fourth-order valence-electron chi connectivity index (χ4n) is 4.74. The second-order valence-corrected chi connectivity index (χ2v) is 9.71. The van der Waals surface area contributed by atoms with E-state index >= 15 is 0 Å². The third-order valence-corrected chi connectivity index (χ3v) is 7.11. The number of carbonyl (C=O) groups is 3. The highest BCUT2D eigenvalue weighted by molar-refractivity contribution is 6.21. The maximum atomic E-state index is 14.2. The van der Waals surface area contributed by atoms with E-state index in [9.17, 15) is 14.4 Å². The van der Waals surface area contributed by atoms with Crippen LogP contribution < -0.4 is 10.1 Å². The molecule has 1 atom stereocenters. The van der Waals surface area contributed by atoms with Gasteiger partial charge in [0.25, 0.3) is 17.7 Å². The molecule has 37 heavy (non-hydrogen) atoms. The Kier molecular flexibility index (Phi) is 6.07. The number of benzene rings is 3. The Morgan fingerprint density at radius 1 is 0.892 bits per heavy atom. The van der Waals surface area contributed by atoms with Crippen LogP contribution in [0, 0.1) is 13.8 Å². The minimum absolute atomic E-state index is 0.115. The molecule has 0 fully saturated rings. The summed E-state index contributed by atoms with van der Waals surface area (Å²) < 4.78 is 6.71. The second kappa shape index (κ2) is 9.24. The molecule has 1 N–H and O–H groups in total. The van der Waals surface area contributed by atoms with E-state index in [1.54, 1.807) is 31.4 Å². The van der Waals surface area contributed by atoms with Crippen molar-refractivity contribution in [1.82, 2.24) is 14.8 Å². The molecule has 4 aromatic rings. The molecule has 7 nitrogen and oxygen atoms in total. The van der Waals surface area contributed by atoms with Gasteiger partial charge in [-0.25, -0.2) is 0 Å². The van der Waals surface area contributed by atoms with Crippen molar-refractivity contribution in [1.29, 1.82) is 0 Å². The molecule has 188 valence electrons. The number of methoxy groups -OCH3 is 1. The molecule has 0 bridgehead atoms.